The van der Waals surface area contributed by atoms with E-state index in [0.717, 1.165) is 0 Å². The molecule has 0 bridgehead atoms. The van der Waals surface area contributed by atoms with Crippen molar-refractivity contribution in [3.63, 3.8) is 0 Å². The highest BCUT2D eigenvalue weighted by atomic mass is 16.2. The molecule has 4 aromatic carbocycles. The third kappa shape index (κ3) is 4.84. The minimum Gasteiger partial charge on any atom is -0.399 e. The Morgan fingerprint density at radius 3 is 1.18 bits per heavy atom. The van der Waals surface area contributed by atoms with E-state index in [-0.39, 0.29) is 39.2 Å². The zero-order valence-corrected chi connectivity index (χ0v) is 20.7. The number of rotatable bonds is 4. The van der Waals surface area contributed by atoms with E-state index in [1.54, 1.807) is 48.5 Å². The van der Waals surface area contributed by atoms with Gasteiger partial charge in [0.1, 0.15) is 0 Å². The van der Waals surface area contributed by atoms with Gasteiger partial charge in [-0.2, -0.15) is 0 Å². The van der Waals surface area contributed by atoms with Gasteiger partial charge < -0.3 is 11.5 Å². The van der Waals surface area contributed by atoms with E-state index in [2.05, 4.69) is 10.6 Å². The van der Waals surface area contributed by atoms with Crippen molar-refractivity contribution >= 4 is 46.6 Å². The highest BCUT2D eigenvalue weighted by Gasteiger charge is 2.30. The van der Waals surface area contributed by atoms with Crippen molar-refractivity contribution in [1.82, 2.24) is 10.6 Å². The molecule has 0 unspecified atom stereocenters. The number of amides is 4. The Morgan fingerprint density at radius 1 is 0.450 bits per heavy atom. The van der Waals surface area contributed by atoms with Crippen LogP contribution >= 0.6 is 0 Å². The predicted octanol–water partition coefficient (Wildman–Crippen LogP) is 2.77. The average molecular weight is 533 g/mol. The number of hydrogen-bond donors (Lipinski definition) is 4. The molecule has 0 fully saturated rings. The molecule has 2 aliphatic rings. The molecule has 0 spiro atoms. The van der Waals surface area contributed by atoms with E-state index in [1.807, 2.05) is 0 Å². The van der Waals surface area contributed by atoms with E-state index < -0.39 is 29.4 Å². The van der Waals surface area contributed by atoms with Crippen LogP contribution in [0, 0.1) is 0 Å². The Kier molecular flexibility index (Phi) is 6.50. The Morgan fingerprint density at radius 2 is 0.800 bits per heavy atom. The fraction of sp³-hybridized carbons (Fsp3) is 0. The molecular weight excluding hydrogens is 512 g/mol. The molecule has 2 heterocycles. The summed E-state index contributed by atoms with van der Waals surface area (Å²) < 4.78 is 0. The lowest BCUT2D eigenvalue weighted by molar-refractivity contribution is 0.0863. The zero-order valence-electron chi connectivity index (χ0n) is 20.7. The van der Waals surface area contributed by atoms with Crippen LogP contribution in [-0.4, -0.2) is 35.2 Å². The maximum absolute atomic E-state index is 12.6. The number of fused-ring (bicyclic) bond motifs is 2. The highest BCUT2D eigenvalue weighted by Crippen LogP contribution is 2.22. The van der Waals surface area contributed by atoms with Gasteiger partial charge >= 0.3 is 0 Å². The predicted molar refractivity (Wildman–Crippen MR) is 145 cm³/mol. The minimum absolute atomic E-state index is 0.0698. The molecule has 10 nitrogen and oxygen atoms in total. The summed E-state index contributed by atoms with van der Waals surface area (Å²) in [6.45, 7) is 0. The lowest BCUT2D eigenvalue weighted by Crippen LogP contribution is -2.19. The molecule has 0 aliphatic carbocycles. The Bertz CT molecular complexity index is 1670. The van der Waals surface area contributed by atoms with Crippen molar-refractivity contribution in [3.05, 3.63) is 129 Å². The number of ketones is 2. The summed E-state index contributed by atoms with van der Waals surface area (Å²) in [5.74, 6) is -2.59. The summed E-state index contributed by atoms with van der Waals surface area (Å²) in [7, 11) is 0. The van der Waals surface area contributed by atoms with Gasteiger partial charge in [-0.25, -0.2) is 0 Å². The number of anilines is 2. The normalized spacial score (nSPS) is 13.0. The molecule has 4 aromatic rings. The number of nitrogens with one attached hydrogen (secondary N) is 2. The summed E-state index contributed by atoms with van der Waals surface area (Å²) in [5.41, 5.74) is 14.7. The number of imide groups is 2. The molecule has 0 atom stereocenters. The van der Waals surface area contributed by atoms with Crippen molar-refractivity contribution in [1.29, 1.82) is 0 Å². The molecule has 10 heteroatoms. The van der Waals surface area contributed by atoms with Gasteiger partial charge in [-0.3, -0.25) is 39.4 Å². The fourth-order valence-corrected chi connectivity index (χ4v) is 4.31. The molecular formula is C30H20N4O6. The van der Waals surface area contributed by atoms with Gasteiger partial charge in [0.2, 0.25) is 0 Å². The van der Waals surface area contributed by atoms with Gasteiger partial charge in [0, 0.05) is 33.6 Å². The monoisotopic (exact) mass is 532 g/mol. The molecule has 40 heavy (non-hydrogen) atoms. The standard InChI is InChI=1S/C17H8N2O5.C13H12N2O/c20-13(7-1-3-9-11(5-7)16(23)18-14(9)21)8-2-4-10-12(6-8)17(24)19-15(10)22;14-11-5-1-3-9(7-11)13(16)10-4-2-6-12(15)8-10/h1-6H,(H,18,21,23)(H,19,22,24);1-8H,14-15H2. The Hall–Kier alpha value is -5.90. The topological polar surface area (TPSA) is 179 Å². The van der Waals surface area contributed by atoms with Crippen molar-refractivity contribution in [3.8, 4) is 0 Å². The molecule has 0 aromatic heterocycles. The lowest BCUT2D eigenvalue weighted by atomic mass is 9.96. The van der Waals surface area contributed by atoms with Crippen molar-refractivity contribution in [2.75, 3.05) is 11.5 Å². The van der Waals surface area contributed by atoms with Crippen LogP contribution in [0.4, 0.5) is 11.4 Å². The number of nitrogen functional groups attached to an aromatic ring is 2. The Labute approximate surface area is 227 Å². The van der Waals surface area contributed by atoms with Crippen molar-refractivity contribution < 1.29 is 28.8 Å². The van der Waals surface area contributed by atoms with Gasteiger partial charge in [-0.05, 0) is 48.5 Å². The Balaban J connectivity index is 0.000000176. The number of nitrogens with two attached hydrogens (primary N) is 2. The van der Waals surface area contributed by atoms with E-state index in [9.17, 15) is 28.8 Å². The van der Waals surface area contributed by atoms with Crippen LogP contribution in [0.25, 0.3) is 0 Å². The van der Waals surface area contributed by atoms with Crippen LogP contribution in [0.5, 0.6) is 0 Å². The number of benzene rings is 4. The second kappa shape index (κ2) is 10.1. The molecule has 6 N–H and O–H groups in total. The fourth-order valence-electron chi connectivity index (χ4n) is 4.31. The summed E-state index contributed by atoms with van der Waals surface area (Å²) >= 11 is 0. The van der Waals surface area contributed by atoms with E-state index in [1.165, 1.54) is 36.4 Å². The maximum Gasteiger partial charge on any atom is 0.258 e. The summed E-state index contributed by atoms with van der Waals surface area (Å²) in [6, 6.07) is 22.2. The molecule has 2 aliphatic heterocycles. The highest BCUT2D eigenvalue weighted by molar-refractivity contribution is 6.24. The zero-order chi connectivity index (χ0) is 28.6. The van der Waals surface area contributed by atoms with E-state index >= 15 is 0 Å². The van der Waals surface area contributed by atoms with Crippen LogP contribution in [0.3, 0.4) is 0 Å². The smallest absolute Gasteiger partial charge is 0.258 e. The lowest BCUT2D eigenvalue weighted by Gasteiger charge is -2.04. The second-order valence-corrected chi connectivity index (χ2v) is 9.00. The first-order valence-electron chi connectivity index (χ1n) is 11.9. The molecule has 0 saturated heterocycles. The van der Waals surface area contributed by atoms with Gasteiger partial charge in [0.05, 0.1) is 22.3 Å². The first-order chi connectivity index (χ1) is 19.1. The van der Waals surface area contributed by atoms with Crippen molar-refractivity contribution in [2.24, 2.45) is 0 Å². The molecule has 6 rings (SSSR count). The molecule has 0 radical (unpaired) electrons. The van der Waals surface area contributed by atoms with Gasteiger partial charge in [0.25, 0.3) is 23.6 Å². The second-order valence-electron chi connectivity index (χ2n) is 9.00. The average Bonchev–Trinajstić information content (AvgIpc) is 3.40. The molecule has 196 valence electrons. The van der Waals surface area contributed by atoms with Crippen LogP contribution < -0.4 is 22.1 Å². The molecule has 4 amide bonds. The van der Waals surface area contributed by atoms with E-state index in [4.69, 9.17) is 11.5 Å². The number of carbonyl (C=O) groups excluding carboxylic acids is 6. The number of carbonyl (C=O) groups is 6. The first kappa shape index (κ1) is 25.7. The summed E-state index contributed by atoms with van der Waals surface area (Å²) in [4.78, 5) is 71.1. The van der Waals surface area contributed by atoms with Crippen LogP contribution in [0.15, 0.2) is 84.9 Å². The molecule has 0 saturated carbocycles. The number of hydrogen-bond acceptors (Lipinski definition) is 8. The largest absolute Gasteiger partial charge is 0.399 e. The summed E-state index contributed by atoms with van der Waals surface area (Å²) in [5, 5.41) is 4.31. The van der Waals surface area contributed by atoms with Gasteiger partial charge in [-0.1, -0.05) is 36.4 Å². The van der Waals surface area contributed by atoms with Crippen molar-refractivity contribution in [2.45, 2.75) is 0 Å². The third-order valence-electron chi connectivity index (χ3n) is 6.29. The maximum atomic E-state index is 12.6. The van der Waals surface area contributed by atoms with Gasteiger partial charge in [0.15, 0.2) is 11.6 Å². The first-order valence-corrected chi connectivity index (χ1v) is 11.9. The van der Waals surface area contributed by atoms with Crippen LogP contribution in [-0.2, 0) is 0 Å². The SMILES string of the molecule is Nc1cccc(C(=O)c2cccc(N)c2)c1.O=C(c1ccc2c(c1)C(=O)NC2=O)c1ccc2c(c1)C(=O)NC2=O. The van der Waals surface area contributed by atoms with Gasteiger partial charge in [-0.15, -0.1) is 0 Å². The van der Waals surface area contributed by atoms with Crippen LogP contribution in [0.2, 0.25) is 0 Å². The minimum atomic E-state index is -0.552. The van der Waals surface area contributed by atoms with E-state index in [0.29, 0.717) is 22.5 Å². The summed E-state index contributed by atoms with van der Waals surface area (Å²) in [6.07, 6.45) is 0. The van der Waals surface area contributed by atoms with Crippen LogP contribution in [0.1, 0.15) is 73.3 Å². The quantitative estimate of drug-likeness (QED) is 0.176. The third-order valence-corrected chi connectivity index (χ3v) is 6.29.